The summed E-state index contributed by atoms with van der Waals surface area (Å²) in [7, 11) is 0. The second kappa shape index (κ2) is 6.15. The van der Waals surface area contributed by atoms with Crippen molar-refractivity contribution in [2.45, 2.75) is 6.92 Å². The van der Waals surface area contributed by atoms with Crippen molar-refractivity contribution in [3.8, 4) is 0 Å². The normalized spacial score (nSPS) is 11.6. The van der Waals surface area contributed by atoms with Crippen LogP contribution in [0, 0.1) is 0 Å². The van der Waals surface area contributed by atoms with Crippen LogP contribution in [-0.2, 0) is 0 Å². The summed E-state index contributed by atoms with van der Waals surface area (Å²) in [6, 6.07) is 15.5. The summed E-state index contributed by atoms with van der Waals surface area (Å²) in [6.45, 7) is 1.86. The maximum atomic E-state index is 12.3. The van der Waals surface area contributed by atoms with Crippen LogP contribution < -0.4 is 5.43 Å². The predicted octanol–water partition coefficient (Wildman–Crippen LogP) is 4.08. The van der Waals surface area contributed by atoms with Gasteiger partial charge >= 0.3 is 0 Å². The largest absolute Gasteiger partial charge is 0.360 e. The number of para-hydroxylation sites is 1. The number of hydrogen-bond donors (Lipinski definition) is 2. The first-order valence-electron chi connectivity index (χ1n) is 6.82. The zero-order valence-corrected chi connectivity index (χ0v) is 13.5. The number of halogens is 1. The van der Waals surface area contributed by atoms with Crippen LogP contribution in [-0.4, -0.2) is 16.6 Å². The maximum Gasteiger partial charge on any atom is 0.273 e. The van der Waals surface area contributed by atoms with E-state index in [1.54, 1.807) is 6.20 Å². The second-order valence-corrected chi connectivity index (χ2v) is 5.81. The predicted molar refractivity (Wildman–Crippen MR) is 92.1 cm³/mol. The van der Waals surface area contributed by atoms with Gasteiger partial charge < -0.3 is 4.98 Å². The van der Waals surface area contributed by atoms with Crippen LogP contribution in [0.2, 0.25) is 0 Å². The van der Waals surface area contributed by atoms with Crippen molar-refractivity contribution >= 4 is 38.5 Å². The Bertz CT molecular complexity index is 867. The van der Waals surface area contributed by atoms with Gasteiger partial charge in [0.15, 0.2) is 0 Å². The molecule has 5 heteroatoms. The summed E-state index contributed by atoms with van der Waals surface area (Å²) < 4.78 is 0.975. The molecule has 22 heavy (non-hydrogen) atoms. The number of hydrogen-bond acceptors (Lipinski definition) is 2. The fourth-order valence-corrected chi connectivity index (χ4v) is 2.63. The lowest BCUT2D eigenvalue weighted by molar-refractivity contribution is 0.0956. The Labute approximate surface area is 136 Å². The van der Waals surface area contributed by atoms with Crippen molar-refractivity contribution in [3.63, 3.8) is 0 Å². The number of carbonyl (C=O) groups excluding carboxylic acids is 1. The fourth-order valence-electron chi connectivity index (χ4n) is 2.23. The van der Waals surface area contributed by atoms with E-state index in [-0.39, 0.29) is 5.91 Å². The van der Waals surface area contributed by atoms with E-state index in [0.717, 1.165) is 26.7 Å². The van der Waals surface area contributed by atoms with Crippen molar-refractivity contribution in [2.75, 3.05) is 0 Å². The molecule has 110 valence electrons. The number of hydrazone groups is 1. The lowest BCUT2D eigenvalue weighted by Gasteiger charge is -2.03. The number of carbonyl (C=O) groups is 1. The Hall–Kier alpha value is -2.40. The molecule has 0 atom stereocenters. The standard InChI is InChI=1S/C17H14BrN3O/c1-11(12-5-4-6-13(18)9-12)20-21-17(22)15-10-19-16-8-3-2-7-14(15)16/h2-10,19H,1H3,(H,21,22)/b20-11+. The third kappa shape index (κ3) is 2.94. The van der Waals surface area contributed by atoms with Gasteiger partial charge in [0.05, 0.1) is 11.3 Å². The summed E-state index contributed by atoms with van der Waals surface area (Å²) >= 11 is 3.42. The summed E-state index contributed by atoms with van der Waals surface area (Å²) in [4.78, 5) is 15.4. The minimum atomic E-state index is -0.230. The van der Waals surface area contributed by atoms with Gasteiger partial charge in [-0.3, -0.25) is 4.79 Å². The van der Waals surface area contributed by atoms with Crippen LogP contribution in [0.4, 0.5) is 0 Å². The lowest BCUT2D eigenvalue weighted by Crippen LogP contribution is -2.19. The van der Waals surface area contributed by atoms with Crippen LogP contribution in [0.25, 0.3) is 10.9 Å². The van der Waals surface area contributed by atoms with Crippen molar-refractivity contribution < 1.29 is 4.79 Å². The molecule has 0 aliphatic carbocycles. The molecule has 0 unspecified atom stereocenters. The molecule has 3 rings (SSSR count). The molecular weight excluding hydrogens is 342 g/mol. The quantitative estimate of drug-likeness (QED) is 0.539. The van der Waals surface area contributed by atoms with Crippen LogP contribution in [0.1, 0.15) is 22.8 Å². The van der Waals surface area contributed by atoms with Crippen molar-refractivity contribution in [1.29, 1.82) is 0 Å². The van der Waals surface area contributed by atoms with E-state index in [1.165, 1.54) is 0 Å². The van der Waals surface area contributed by atoms with Gasteiger partial charge in [-0.25, -0.2) is 5.43 Å². The maximum absolute atomic E-state index is 12.3. The first kappa shape index (κ1) is 14.5. The molecule has 1 heterocycles. The van der Waals surface area contributed by atoms with Gasteiger partial charge in [0.2, 0.25) is 0 Å². The molecule has 0 saturated carbocycles. The summed E-state index contributed by atoms with van der Waals surface area (Å²) in [5.74, 6) is -0.230. The highest BCUT2D eigenvalue weighted by Gasteiger charge is 2.11. The van der Waals surface area contributed by atoms with Gasteiger partial charge in [0.25, 0.3) is 5.91 Å². The minimum absolute atomic E-state index is 0.230. The number of fused-ring (bicyclic) bond motifs is 1. The number of nitrogens with zero attached hydrogens (tertiary/aromatic N) is 1. The van der Waals surface area contributed by atoms with Crippen molar-refractivity contribution in [3.05, 3.63) is 70.3 Å². The van der Waals surface area contributed by atoms with Crippen LogP contribution in [0.15, 0.2) is 64.3 Å². The van der Waals surface area contributed by atoms with E-state index in [2.05, 4.69) is 31.4 Å². The number of aromatic amines is 1. The molecule has 2 N–H and O–H groups in total. The Kier molecular flexibility index (Phi) is 4.06. The van der Waals surface area contributed by atoms with E-state index < -0.39 is 0 Å². The molecule has 1 aromatic heterocycles. The molecule has 0 radical (unpaired) electrons. The highest BCUT2D eigenvalue weighted by molar-refractivity contribution is 9.10. The molecule has 0 saturated heterocycles. The first-order valence-corrected chi connectivity index (χ1v) is 7.61. The van der Waals surface area contributed by atoms with E-state index in [4.69, 9.17) is 0 Å². The second-order valence-electron chi connectivity index (χ2n) is 4.90. The molecule has 0 fully saturated rings. The number of nitrogens with one attached hydrogen (secondary N) is 2. The summed E-state index contributed by atoms with van der Waals surface area (Å²) in [6.07, 6.45) is 1.70. The van der Waals surface area contributed by atoms with E-state index in [0.29, 0.717) is 5.56 Å². The summed E-state index contributed by atoms with van der Waals surface area (Å²) in [5.41, 5.74) is 5.82. The molecule has 2 aromatic carbocycles. The van der Waals surface area contributed by atoms with Crippen LogP contribution in [0.3, 0.4) is 0 Å². The lowest BCUT2D eigenvalue weighted by atomic mass is 10.1. The monoisotopic (exact) mass is 355 g/mol. The molecule has 4 nitrogen and oxygen atoms in total. The fraction of sp³-hybridized carbons (Fsp3) is 0.0588. The number of aromatic nitrogens is 1. The van der Waals surface area contributed by atoms with Crippen LogP contribution in [0.5, 0.6) is 0 Å². The van der Waals surface area contributed by atoms with Gasteiger partial charge in [-0.05, 0) is 30.7 Å². The van der Waals surface area contributed by atoms with Gasteiger partial charge in [0.1, 0.15) is 0 Å². The Morgan fingerprint density at radius 1 is 1.18 bits per heavy atom. The Balaban J connectivity index is 1.81. The van der Waals surface area contributed by atoms with Gasteiger partial charge in [-0.2, -0.15) is 5.10 Å². The molecule has 0 spiro atoms. The van der Waals surface area contributed by atoms with Gasteiger partial charge in [-0.1, -0.05) is 46.3 Å². The van der Waals surface area contributed by atoms with Crippen molar-refractivity contribution in [2.24, 2.45) is 5.10 Å². The van der Waals surface area contributed by atoms with Crippen molar-refractivity contribution in [1.82, 2.24) is 10.4 Å². The molecule has 3 aromatic rings. The topological polar surface area (TPSA) is 57.2 Å². The zero-order valence-electron chi connectivity index (χ0n) is 11.9. The summed E-state index contributed by atoms with van der Waals surface area (Å²) in [5, 5.41) is 5.07. The third-order valence-corrected chi connectivity index (χ3v) is 3.89. The van der Waals surface area contributed by atoms with E-state index in [9.17, 15) is 4.79 Å². The highest BCUT2D eigenvalue weighted by atomic mass is 79.9. The third-order valence-electron chi connectivity index (χ3n) is 3.40. The van der Waals surface area contributed by atoms with Crippen LogP contribution >= 0.6 is 15.9 Å². The molecule has 0 aliphatic heterocycles. The molecule has 0 aliphatic rings. The van der Waals surface area contributed by atoms with E-state index >= 15 is 0 Å². The highest BCUT2D eigenvalue weighted by Crippen LogP contribution is 2.17. The number of rotatable bonds is 3. The SMILES string of the molecule is C/C(=N\NC(=O)c1c[nH]c2ccccc12)c1cccc(Br)c1. The number of H-pyrrole nitrogens is 1. The average molecular weight is 356 g/mol. The number of amides is 1. The smallest absolute Gasteiger partial charge is 0.273 e. The Morgan fingerprint density at radius 2 is 2.00 bits per heavy atom. The van der Waals surface area contributed by atoms with Gasteiger partial charge in [0, 0.05) is 21.6 Å². The zero-order chi connectivity index (χ0) is 15.5. The average Bonchev–Trinajstić information content (AvgIpc) is 2.96. The Morgan fingerprint density at radius 3 is 2.82 bits per heavy atom. The molecule has 1 amide bonds. The van der Waals surface area contributed by atoms with E-state index in [1.807, 2.05) is 55.5 Å². The molecule has 0 bridgehead atoms. The molecular formula is C17H14BrN3O. The van der Waals surface area contributed by atoms with Gasteiger partial charge in [-0.15, -0.1) is 0 Å². The minimum Gasteiger partial charge on any atom is -0.360 e. The first-order chi connectivity index (χ1) is 10.6. The number of benzene rings is 2.